The van der Waals surface area contributed by atoms with E-state index in [0.29, 0.717) is 37.5 Å². The van der Waals surface area contributed by atoms with E-state index in [2.05, 4.69) is 4.99 Å². The molecule has 4 aromatic rings. The highest BCUT2D eigenvalue weighted by Gasteiger charge is 2.33. The standard InChI is InChI=1S/C32H29FN2O4S2/c1-19(2)39-31(37)28-20(3)34-32-35(29(28)21-13-15-24(40-4)16-14-21)30(36)27(41-32)17-22-9-6-8-12-26(22)38-18-23-10-5-7-11-25(23)33/h5-17,19,29H,18H2,1-4H3/b27-17-/t29-/m1/s1. The van der Waals surface area contributed by atoms with Crippen molar-refractivity contribution in [2.24, 2.45) is 4.99 Å². The van der Waals surface area contributed by atoms with Gasteiger partial charge in [0, 0.05) is 16.0 Å². The quantitative estimate of drug-likeness (QED) is 0.197. The van der Waals surface area contributed by atoms with Crippen LogP contribution in [0, 0.1) is 5.82 Å². The number of thioether (sulfide) groups is 1. The maximum atomic E-state index is 14.2. The Morgan fingerprint density at radius 2 is 1.80 bits per heavy atom. The second-order valence-corrected chi connectivity index (χ2v) is 11.6. The van der Waals surface area contributed by atoms with E-state index in [1.165, 1.54) is 17.4 Å². The van der Waals surface area contributed by atoms with Gasteiger partial charge in [-0.15, -0.1) is 11.8 Å². The number of carbonyl (C=O) groups excluding carboxylic acids is 1. The Balaban J connectivity index is 1.60. The zero-order valence-electron chi connectivity index (χ0n) is 23.1. The van der Waals surface area contributed by atoms with E-state index >= 15 is 0 Å². The normalized spacial score (nSPS) is 15.1. The Bertz CT molecular complexity index is 1810. The molecule has 6 nitrogen and oxygen atoms in total. The highest BCUT2D eigenvalue weighted by atomic mass is 32.2. The predicted octanol–water partition coefficient (Wildman–Crippen LogP) is 5.63. The van der Waals surface area contributed by atoms with E-state index in [-0.39, 0.29) is 24.1 Å². The smallest absolute Gasteiger partial charge is 0.338 e. The summed E-state index contributed by atoms with van der Waals surface area (Å²) >= 11 is 2.85. The highest BCUT2D eigenvalue weighted by Crippen LogP contribution is 2.32. The highest BCUT2D eigenvalue weighted by molar-refractivity contribution is 7.98. The van der Waals surface area contributed by atoms with Gasteiger partial charge in [-0.25, -0.2) is 14.2 Å². The van der Waals surface area contributed by atoms with E-state index in [4.69, 9.17) is 9.47 Å². The van der Waals surface area contributed by atoms with Gasteiger partial charge in [-0.05, 0) is 62.9 Å². The second kappa shape index (κ2) is 12.3. The molecule has 9 heteroatoms. The van der Waals surface area contributed by atoms with Gasteiger partial charge in [-0.2, -0.15) is 0 Å². The van der Waals surface area contributed by atoms with Crippen molar-refractivity contribution in [3.63, 3.8) is 0 Å². The summed E-state index contributed by atoms with van der Waals surface area (Å²) in [7, 11) is 0. The molecule has 210 valence electrons. The number of fused-ring (bicyclic) bond motifs is 1. The van der Waals surface area contributed by atoms with Gasteiger partial charge in [0.15, 0.2) is 4.80 Å². The number of nitrogens with zero attached hydrogens (tertiary/aromatic N) is 2. The second-order valence-electron chi connectivity index (χ2n) is 9.73. The van der Waals surface area contributed by atoms with Gasteiger partial charge < -0.3 is 9.47 Å². The molecule has 0 saturated heterocycles. The van der Waals surface area contributed by atoms with Crippen LogP contribution in [-0.4, -0.2) is 22.9 Å². The van der Waals surface area contributed by atoms with Crippen molar-refractivity contribution < 1.29 is 18.7 Å². The zero-order valence-corrected chi connectivity index (χ0v) is 24.7. The van der Waals surface area contributed by atoms with E-state index in [1.54, 1.807) is 67.4 Å². The summed E-state index contributed by atoms with van der Waals surface area (Å²) in [4.78, 5) is 33.5. The Labute approximate surface area is 245 Å². The molecule has 0 fully saturated rings. The third-order valence-corrected chi connectivity index (χ3v) is 8.29. The minimum atomic E-state index is -0.692. The molecule has 0 saturated carbocycles. The first-order valence-corrected chi connectivity index (χ1v) is 15.1. The van der Waals surface area contributed by atoms with Crippen molar-refractivity contribution >= 4 is 35.1 Å². The Kier molecular flexibility index (Phi) is 8.56. The van der Waals surface area contributed by atoms with Crippen LogP contribution < -0.4 is 19.6 Å². The summed E-state index contributed by atoms with van der Waals surface area (Å²) in [6, 6.07) is 20.9. The number of hydrogen-bond donors (Lipinski definition) is 0. The summed E-state index contributed by atoms with van der Waals surface area (Å²) < 4.78 is 27.7. The number of ether oxygens (including phenoxy) is 2. The number of hydrogen-bond acceptors (Lipinski definition) is 7. The molecule has 2 heterocycles. The van der Waals surface area contributed by atoms with Crippen LogP contribution >= 0.6 is 23.1 Å². The van der Waals surface area contributed by atoms with Crippen molar-refractivity contribution in [2.75, 3.05) is 6.26 Å². The largest absolute Gasteiger partial charge is 0.488 e. The maximum absolute atomic E-state index is 14.2. The molecule has 1 aliphatic rings. The first kappa shape index (κ1) is 28.6. The van der Waals surface area contributed by atoms with Crippen molar-refractivity contribution in [1.82, 2.24) is 4.57 Å². The molecular formula is C32H29FN2O4S2. The van der Waals surface area contributed by atoms with Crippen LogP contribution in [0.25, 0.3) is 6.08 Å². The van der Waals surface area contributed by atoms with E-state index < -0.39 is 12.0 Å². The number of carbonyl (C=O) groups is 1. The van der Waals surface area contributed by atoms with Crippen LogP contribution in [0.15, 0.2) is 98.7 Å². The average Bonchev–Trinajstić information content (AvgIpc) is 3.26. The molecule has 0 amide bonds. The fourth-order valence-corrected chi connectivity index (χ4v) is 6.05. The molecule has 3 aromatic carbocycles. The van der Waals surface area contributed by atoms with Crippen molar-refractivity contribution in [2.45, 2.75) is 44.4 Å². The van der Waals surface area contributed by atoms with Gasteiger partial charge in [-0.1, -0.05) is 59.9 Å². The summed E-state index contributed by atoms with van der Waals surface area (Å²) in [5, 5.41) is 0. The number of halogens is 1. The van der Waals surface area contributed by atoms with Gasteiger partial charge in [0.05, 0.1) is 27.9 Å². The fraction of sp³-hybridized carbons (Fsp3) is 0.219. The lowest BCUT2D eigenvalue weighted by Crippen LogP contribution is -2.40. The molecule has 0 radical (unpaired) electrons. The molecule has 41 heavy (non-hydrogen) atoms. The molecule has 0 N–H and O–H groups in total. The minimum Gasteiger partial charge on any atom is -0.488 e. The molecule has 0 aliphatic carbocycles. The number of thiazole rings is 1. The number of rotatable bonds is 8. The lowest BCUT2D eigenvalue weighted by Gasteiger charge is -2.25. The molecule has 5 rings (SSSR count). The SMILES string of the molecule is CSc1ccc([C@@H]2C(C(=O)OC(C)C)=C(C)N=c3s/c(=C\c4ccccc4OCc4ccccc4F)c(=O)n32)cc1. The summed E-state index contributed by atoms with van der Waals surface area (Å²) in [5.41, 5.74) is 2.46. The van der Waals surface area contributed by atoms with Crippen LogP contribution in [0.3, 0.4) is 0 Å². The van der Waals surface area contributed by atoms with Crippen molar-refractivity contribution in [1.29, 1.82) is 0 Å². The maximum Gasteiger partial charge on any atom is 0.338 e. The molecule has 0 unspecified atom stereocenters. The molecule has 0 bridgehead atoms. The number of aromatic nitrogens is 1. The molecule has 1 aliphatic heterocycles. The number of allylic oxidation sites excluding steroid dienone is 1. The van der Waals surface area contributed by atoms with Gasteiger partial charge in [0.2, 0.25) is 0 Å². The van der Waals surface area contributed by atoms with Gasteiger partial charge in [-0.3, -0.25) is 9.36 Å². The summed E-state index contributed by atoms with van der Waals surface area (Å²) in [6.07, 6.45) is 3.42. The Hall–Kier alpha value is -3.95. The lowest BCUT2D eigenvalue weighted by atomic mass is 9.96. The number of esters is 1. The van der Waals surface area contributed by atoms with Crippen LogP contribution in [-0.2, 0) is 16.1 Å². The minimum absolute atomic E-state index is 0.0470. The third kappa shape index (κ3) is 6.06. The van der Waals surface area contributed by atoms with Crippen LogP contribution in [0.2, 0.25) is 0 Å². The van der Waals surface area contributed by atoms with Gasteiger partial charge in [0.25, 0.3) is 5.56 Å². The van der Waals surface area contributed by atoms with Crippen LogP contribution in [0.5, 0.6) is 5.75 Å². The average molecular weight is 589 g/mol. The molecular weight excluding hydrogens is 559 g/mol. The molecule has 1 atom stereocenters. The number of benzene rings is 3. The van der Waals surface area contributed by atoms with Crippen molar-refractivity contribution in [3.8, 4) is 5.75 Å². The third-order valence-electron chi connectivity index (χ3n) is 6.56. The fourth-order valence-electron chi connectivity index (χ4n) is 4.61. The van der Waals surface area contributed by atoms with Crippen LogP contribution in [0.4, 0.5) is 4.39 Å². The van der Waals surface area contributed by atoms with Crippen molar-refractivity contribution in [3.05, 3.63) is 126 Å². The van der Waals surface area contributed by atoms with E-state index in [9.17, 15) is 14.0 Å². The zero-order chi connectivity index (χ0) is 29.1. The summed E-state index contributed by atoms with van der Waals surface area (Å²) in [6.45, 7) is 5.39. The molecule has 0 spiro atoms. The lowest BCUT2D eigenvalue weighted by molar-refractivity contribution is -0.143. The van der Waals surface area contributed by atoms with Gasteiger partial charge in [0.1, 0.15) is 18.2 Å². The van der Waals surface area contributed by atoms with E-state index in [0.717, 1.165) is 10.5 Å². The first-order chi connectivity index (χ1) is 19.8. The summed E-state index contributed by atoms with van der Waals surface area (Å²) in [5.74, 6) is -0.324. The van der Waals surface area contributed by atoms with Gasteiger partial charge >= 0.3 is 5.97 Å². The Morgan fingerprint density at radius 3 is 2.51 bits per heavy atom. The van der Waals surface area contributed by atoms with Crippen LogP contribution in [0.1, 0.15) is 43.5 Å². The molecule has 1 aromatic heterocycles. The van der Waals surface area contributed by atoms with E-state index in [1.807, 2.05) is 48.7 Å². The predicted molar refractivity (Wildman–Crippen MR) is 160 cm³/mol. The topological polar surface area (TPSA) is 69.9 Å². The Morgan fingerprint density at radius 1 is 1.10 bits per heavy atom. The number of para-hydroxylation sites is 1. The monoisotopic (exact) mass is 588 g/mol. The first-order valence-electron chi connectivity index (χ1n) is 13.1.